The van der Waals surface area contributed by atoms with Gasteiger partial charge >= 0.3 is 0 Å². The third kappa shape index (κ3) is 5.62. The highest BCUT2D eigenvalue weighted by molar-refractivity contribution is 5.76. The molecule has 27 heavy (non-hydrogen) atoms. The fraction of sp³-hybridized carbons (Fsp3) is 0.409. The number of carbonyl (C=O) groups is 1. The number of amides is 1. The van der Waals surface area contributed by atoms with Gasteiger partial charge in [0, 0.05) is 45.7 Å². The molecular formula is C22H28FN3O. The molecule has 0 atom stereocenters. The van der Waals surface area contributed by atoms with Gasteiger partial charge in [0.05, 0.1) is 0 Å². The van der Waals surface area contributed by atoms with Crippen LogP contribution in [-0.4, -0.2) is 67.4 Å². The summed E-state index contributed by atoms with van der Waals surface area (Å²) in [5, 5.41) is 0. The second kappa shape index (κ2) is 9.11. The predicted molar refractivity (Wildman–Crippen MR) is 107 cm³/mol. The molecular weight excluding hydrogens is 341 g/mol. The van der Waals surface area contributed by atoms with Gasteiger partial charge in [-0.3, -0.25) is 9.69 Å². The molecule has 0 aromatic heterocycles. The van der Waals surface area contributed by atoms with E-state index < -0.39 is 0 Å². The maximum absolute atomic E-state index is 13.2. The molecule has 0 aliphatic carbocycles. The van der Waals surface area contributed by atoms with Crippen molar-refractivity contribution in [3.8, 4) is 11.1 Å². The molecule has 0 bridgehead atoms. The molecule has 0 unspecified atom stereocenters. The Morgan fingerprint density at radius 1 is 1.00 bits per heavy atom. The maximum Gasteiger partial charge on any atom is 0.223 e. The second-order valence-electron chi connectivity index (χ2n) is 7.42. The van der Waals surface area contributed by atoms with Gasteiger partial charge in [0.15, 0.2) is 0 Å². The SMILES string of the molecule is CN(C)CCN1CCN(Cc2cccc(-c3ccc(F)cc3)c2)CCC1=O. The Bertz CT molecular complexity index is 760. The van der Waals surface area contributed by atoms with Crippen molar-refractivity contribution in [1.29, 1.82) is 0 Å². The van der Waals surface area contributed by atoms with Gasteiger partial charge in [0.1, 0.15) is 5.82 Å². The topological polar surface area (TPSA) is 26.8 Å². The van der Waals surface area contributed by atoms with Gasteiger partial charge in [-0.25, -0.2) is 4.39 Å². The van der Waals surface area contributed by atoms with Gasteiger partial charge in [-0.15, -0.1) is 0 Å². The summed E-state index contributed by atoms with van der Waals surface area (Å²) in [4.78, 5) is 18.8. The van der Waals surface area contributed by atoms with E-state index in [1.54, 1.807) is 0 Å². The van der Waals surface area contributed by atoms with Gasteiger partial charge in [-0.2, -0.15) is 0 Å². The summed E-state index contributed by atoms with van der Waals surface area (Å²) >= 11 is 0. The summed E-state index contributed by atoms with van der Waals surface area (Å²) in [6, 6.07) is 15.0. The number of likely N-dealkylation sites (N-methyl/N-ethyl adjacent to an activating group) is 1. The molecule has 0 N–H and O–H groups in total. The average Bonchev–Trinajstić information content (AvgIpc) is 2.82. The van der Waals surface area contributed by atoms with Crippen LogP contribution in [0.5, 0.6) is 0 Å². The number of nitrogens with zero attached hydrogens (tertiary/aromatic N) is 3. The van der Waals surface area contributed by atoms with E-state index in [0.29, 0.717) is 6.42 Å². The van der Waals surface area contributed by atoms with E-state index in [-0.39, 0.29) is 11.7 Å². The second-order valence-corrected chi connectivity index (χ2v) is 7.42. The molecule has 4 nitrogen and oxygen atoms in total. The summed E-state index contributed by atoms with van der Waals surface area (Å²) in [7, 11) is 4.06. The number of carbonyl (C=O) groups excluding carboxylic acids is 1. The molecule has 0 saturated carbocycles. The minimum Gasteiger partial charge on any atom is -0.340 e. The fourth-order valence-electron chi connectivity index (χ4n) is 3.38. The highest BCUT2D eigenvalue weighted by atomic mass is 19.1. The molecule has 1 fully saturated rings. The van der Waals surface area contributed by atoms with Crippen molar-refractivity contribution in [2.75, 3.05) is 46.8 Å². The summed E-state index contributed by atoms with van der Waals surface area (Å²) < 4.78 is 13.2. The third-order valence-electron chi connectivity index (χ3n) is 5.01. The Labute approximate surface area is 161 Å². The van der Waals surface area contributed by atoms with Crippen LogP contribution < -0.4 is 0 Å². The Morgan fingerprint density at radius 3 is 2.52 bits per heavy atom. The lowest BCUT2D eigenvalue weighted by Crippen LogP contribution is -2.37. The minimum absolute atomic E-state index is 0.219. The molecule has 1 aliphatic heterocycles. The Kier molecular flexibility index (Phi) is 6.58. The van der Waals surface area contributed by atoms with Crippen LogP contribution >= 0.6 is 0 Å². The summed E-state index contributed by atoms with van der Waals surface area (Å²) in [5.74, 6) is 0.0300. The van der Waals surface area contributed by atoms with Crippen LogP contribution in [0.15, 0.2) is 48.5 Å². The molecule has 3 rings (SSSR count). The molecule has 1 heterocycles. The lowest BCUT2D eigenvalue weighted by Gasteiger charge is -2.23. The highest BCUT2D eigenvalue weighted by Crippen LogP contribution is 2.22. The Hall–Kier alpha value is -2.24. The van der Waals surface area contributed by atoms with Gasteiger partial charge in [-0.1, -0.05) is 30.3 Å². The van der Waals surface area contributed by atoms with Gasteiger partial charge in [0.25, 0.3) is 0 Å². The normalized spacial score (nSPS) is 16.0. The standard InChI is InChI=1S/C22H28FN3O/c1-24(2)12-14-26-15-13-25(11-10-22(26)27)17-18-4-3-5-20(16-18)19-6-8-21(23)9-7-19/h3-9,16H,10-15,17H2,1-2H3. The van der Waals surface area contributed by atoms with Crippen LogP contribution in [0.1, 0.15) is 12.0 Å². The zero-order chi connectivity index (χ0) is 19.2. The van der Waals surface area contributed by atoms with Crippen molar-refractivity contribution in [2.45, 2.75) is 13.0 Å². The lowest BCUT2D eigenvalue weighted by molar-refractivity contribution is -0.130. The average molecular weight is 369 g/mol. The third-order valence-corrected chi connectivity index (χ3v) is 5.01. The van der Waals surface area contributed by atoms with E-state index in [1.807, 2.05) is 43.3 Å². The first-order valence-electron chi connectivity index (χ1n) is 9.51. The van der Waals surface area contributed by atoms with Gasteiger partial charge in [-0.05, 0) is 49.0 Å². The number of halogens is 1. The fourth-order valence-corrected chi connectivity index (χ4v) is 3.38. The van der Waals surface area contributed by atoms with Crippen molar-refractivity contribution in [3.05, 3.63) is 59.9 Å². The van der Waals surface area contributed by atoms with Gasteiger partial charge < -0.3 is 9.80 Å². The largest absolute Gasteiger partial charge is 0.340 e. The number of hydrogen-bond donors (Lipinski definition) is 0. The first kappa shape index (κ1) is 19.5. The Morgan fingerprint density at radius 2 is 1.78 bits per heavy atom. The maximum atomic E-state index is 13.2. The van der Waals surface area contributed by atoms with E-state index in [0.717, 1.165) is 50.4 Å². The van der Waals surface area contributed by atoms with Crippen LogP contribution in [0, 0.1) is 5.82 Å². The molecule has 2 aromatic rings. The first-order valence-corrected chi connectivity index (χ1v) is 9.51. The molecule has 1 saturated heterocycles. The predicted octanol–water partition coefficient (Wildman–Crippen LogP) is 3.09. The minimum atomic E-state index is -0.219. The molecule has 144 valence electrons. The van der Waals surface area contributed by atoms with E-state index >= 15 is 0 Å². The molecule has 5 heteroatoms. The van der Waals surface area contributed by atoms with Crippen LogP contribution in [0.3, 0.4) is 0 Å². The summed E-state index contributed by atoms with van der Waals surface area (Å²) in [6.07, 6.45) is 0.574. The van der Waals surface area contributed by atoms with Crippen LogP contribution in [0.25, 0.3) is 11.1 Å². The molecule has 2 aromatic carbocycles. The van der Waals surface area contributed by atoms with E-state index in [4.69, 9.17) is 0 Å². The van der Waals surface area contributed by atoms with E-state index in [1.165, 1.54) is 17.7 Å². The number of hydrogen-bond acceptors (Lipinski definition) is 3. The van der Waals surface area contributed by atoms with Crippen LogP contribution in [-0.2, 0) is 11.3 Å². The highest BCUT2D eigenvalue weighted by Gasteiger charge is 2.20. The molecule has 0 radical (unpaired) electrons. The van der Waals surface area contributed by atoms with Crippen molar-refractivity contribution < 1.29 is 9.18 Å². The zero-order valence-corrected chi connectivity index (χ0v) is 16.2. The number of benzene rings is 2. The molecule has 1 aliphatic rings. The lowest BCUT2D eigenvalue weighted by atomic mass is 10.0. The first-order chi connectivity index (χ1) is 13.0. The van der Waals surface area contributed by atoms with Crippen LogP contribution in [0.2, 0.25) is 0 Å². The van der Waals surface area contributed by atoms with Crippen molar-refractivity contribution in [2.24, 2.45) is 0 Å². The van der Waals surface area contributed by atoms with E-state index in [9.17, 15) is 9.18 Å². The van der Waals surface area contributed by atoms with Crippen molar-refractivity contribution in [1.82, 2.24) is 14.7 Å². The summed E-state index contributed by atoms with van der Waals surface area (Å²) in [6.45, 7) is 4.97. The number of rotatable bonds is 6. The molecule has 0 spiro atoms. The van der Waals surface area contributed by atoms with E-state index in [2.05, 4.69) is 21.9 Å². The van der Waals surface area contributed by atoms with Crippen LogP contribution in [0.4, 0.5) is 4.39 Å². The summed E-state index contributed by atoms with van der Waals surface area (Å²) in [5.41, 5.74) is 3.32. The Balaban J connectivity index is 1.63. The molecule has 1 amide bonds. The van der Waals surface area contributed by atoms with Gasteiger partial charge in [0.2, 0.25) is 5.91 Å². The van der Waals surface area contributed by atoms with Crippen molar-refractivity contribution in [3.63, 3.8) is 0 Å². The smallest absolute Gasteiger partial charge is 0.223 e. The quantitative estimate of drug-likeness (QED) is 0.783. The monoisotopic (exact) mass is 369 g/mol. The zero-order valence-electron chi connectivity index (χ0n) is 16.2. The van der Waals surface area contributed by atoms with Crippen molar-refractivity contribution >= 4 is 5.91 Å².